The Hall–Kier alpha value is -1.97. The molecule has 2 aromatic heterocycles. The zero-order valence-corrected chi connectivity index (χ0v) is 20.4. The van der Waals surface area contributed by atoms with Gasteiger partial charge in [0.25, 0.3) is 5.91 Å². The van der Waals surface area contributed by atoms with Crippen molar-refractivity contribution < 1.29 is 14.3 Å². The average Bonchev–Trinajstić information content (AvgIpc) is 2.84. The van der Waals surface area contributed by atoms with Gasteiger partial charge in [-0.3, -0.25) is 4.79 Å². The number of rotatable bonds is 6. The quantitative estimate of drug-likeness (QED) is 0.542. The molecule has 0 bridgehead atoms. The van der Waals surface area contributed by atoms with Crippen molar-refractivity contribution in [3.05, 3.63) is 34.4 Å². The minimum Gasteiger partial charge on any atom is -0.375 e. The number of amides is 1. The standard InChI is InChI=1S/C24H29Cl2N5O3/c25-17-2-3-20(28-12-15-4-8-34-24(11-15)5-1-6-24)30-22(17)16-10-21(29-13-18(16)26)31-23(32)19-14-27-7-9-33-19/h2-3,10,13,15,19,27H,1,4-9,11-12,14H2,(H,28,30)(H,29,31,32). The van der Waals surface area contributed by atoms with Gasteiger partial charge >= 0.3 is 0 Å². The Bertz CT molecular complexity index is 1040. The molecule has 0 radical (unpaired) electrons. The van der Waals surface area contributed by atoms with Gasteiger partial charge in [0, 0.05) is 38.0 Å². The second-order valence-electron chi connectivity index (χ2n) is 9.25. The molecule has 3 N–H and O–H groups in total. The van der Waals surface area contributed by atoms with Crippen LogP contribution in [0.5, 0.6) is 0 Å². The number of hydrogen-bond acceptors (Lipinski definition) is 7. The first kappa shape index (κ1) is 23.8. The highest BCUT2D eigenvalue weighted by atomic mass is 35.5. The fraction of sp³-hybridized carbons (Fsp3) is 0.542. The van der Waals surface area contributed by atoms with E-state index in [0.29, 0.717) is 46.2 Å². The minimum atomic E-state index is -0.562. The summed E-state index contributed by atoms with van der Waals surface area (Å²) in [6.07, 6.45) is 6.69. The van der Waals surface area contributed by atoms with Crippen molar-refractivity contribution in [3.8, 4) is 11.3 Å². The summed E-state index contributed by atoms with van der Waals surface area (Å²) in [6.45, 7) is 3.35. The van der Waals surface area contributed by atoms with Crippen LogP contribution in [0.4, 0.5) is 11.6 Å². The molecular formula is C24H29Cl2N5O3. The summed E-state index contributed by atoms with van der Waals surface area (Å²) in [4.78, 5) is 21.5. The van der Waals surface area contributed by atoms with E-state index in [1.54, 1.807) is 12.1 Å². The Morgan fingerprint density at radius 2 is 2.09 bits per heavy atom. The summed E-state index contributed by atoms with van der Waals surface area (Å²) in [6, 6.07) is 5.36. The van der Waals surface area contributed by atoms with E-state index in [0.717, 1.165) is 38.4 Å². The lowest BCUT2D eigenvalue weighted by molar-refractivity contribution is -0.141. The molecule has 2 saturated heterocycles. The molecule has 2 unspecified atom stereocenters. The fourth-order valence-electron chi connectivity index (χ4n) is 4.83. The van der Waals surface area contributed by atoms with E-state index < -0.39 is 6.10 Å². The van der Waals surface area contributed by atoms with Crippen LogP contribution >= 0.6 is 23.2 Å². The topological polar surface area (TPSA) is 97.4 Å². The molecule has 8 nitrogen and oxygen atoms in total. The normalized spacial score (nSPS) is 23.8. The molecule has 182 valence electrons. The third-order valence-corrected chi connectivity index (χ3v) is 7.47. The van der Waals surface area contributed by atoms with Crippen LogP contribution in [-0.2, 0) is 14.3 Å². The van der Waals surface area contributed by atoms with Crippen molar-refractivity contribution in [2.24, 2.45) is 5.92 Å². The summed E-state index contributed by atoms with van der Waals surface area (Å²) in [5.74, 6) is 1.39. The van der Waals surface area contributed by atoms with E-state index in [4.69, 9.17) is 37.7 Å². The summed E-state index contributed by atoms with van der Waals surface area (Å²) < 4.78 is 11.6. The van der Waals surface area contributed by atoms with Gasteiger partial charge in [-0.05, 0) is 56.2 Å². The molecule has 3 fully saturated rings. The molecule has 3 aliphatic rings. The highest BCUT2D eigenvalue weighted by Gasteiger charge is 2.42. The van der Waals surface area contributed by atoms with Crippen LogP contribution in [0.25, 0.3) is 11.3 Å². The molecule has 1 amide bonds. The van der Waals surface area contributed by atoms with Crippen LogP contribution in [0.15, 0.2) is 24.4 Å². The largest absolute Gasteiger partial charge is 0.375 e. The summed E-state index contributed by atoms with van der Waals surface area (Å²) in [5.41, 5.74) is 1.25. The molecular weight excluding hydrogens is 477 g/mol. The van der Waals surface area contributed by atoms with Gasteiger partial charge in [0.1, 0.15) is 17.7 Å². The summed E-state index contributed by atoms with van der Waals surface area (Å²) in [7, 11) is 0. The van der Waals surface area contributed by atoms with E-state index in [-0.39, 0.29) is 11.5 Å². The second-order valence-corrected chi connectivity index (χ2v) is 10.1. The van der Waals surface area contributed by atoms with E-state index in [1.807, 2.05) is 6.07 Å². The zero-order valence-electron chi connectivity index (χ0n) is 18.9. The smallest absolute Gasteiger partial charge is 0.255 e. The molecule has 2 aromatic rings. The predicted octanol–water partition coefficient (Wildman–Crippen LogP) is 4.14. The first-order chi connectivity index (χ1) is 16.5. The van der Waals surface area contributed by atoms with Gasteiger partial charge in [-0.15, -0.1) is 0 Å². The number of nitrogens with one attached hydrogen (secondary N) is 3. The van der Waals surface area contributed by atoms with Crippen molar-refractivity contribution in [2.45, 2.75) is 43.8 Å². The number of pyridine rings is 2. The fourth-order valence-corrected chi connectivity index (χ4v) is 5.23. The number of ether oxygens (including phenoxy) is 2. The summed E-state index contributed by atoms with van der Waals surface area (Å²) >= 11 is 12.9. The maximum Gasteiger partial charge on any atom is 0.255 e. The second kappa shape index (κ2) is 10.3. The number of anilines is 2. The molecule has 0 aromatic carbocycles. The van der Waals surface area contributed by atoms with Gasteiger partial charge in [0.15, 0.2) is 0 Å². The monoisotopic (exact) mass is 505 g/mol. The van der Waals surface area contributed by atoms with Crippen LogP contribution in [0.3, 0.4) is 0 Å². The van der Waals surface area contributed by atoms with Crippen molar-refractivity contribution in [3.63, 3.8) is 0 Å². The average molecular weight is 506 g/mol. The zero-order chi connectivity index (χ0) is 23.5. The van der Waals surface area contributed by atoms with Gasteiger partial charge in [-0.2, -0.15) is 0 Å². The Balaban J connectivity index is 1.28. The van der Waals surface area contributed by atoms with Gasteiger partial charge in [-0.25, -0.2) is 9.97 Å². The Kier molecular flexibility index (Phi) is 7.22. The maximum absolute atomic E-state index is 12.5. The first-order valence-corrected chi connectivity index (χ1v) is 12.6. The van der Waals surface area contributed by atoms with Crippen molar-refractivity contribution in [1.29, 1.82) is 0 Å². The highest BCUT2D eigenvalue weighted by molar-refractivity contribution is 6.36. The Morgan fingerprint density at radius 1 is 1.21 bits per heavy atom. The highest BCUT2D eigenvalue weighted by Crippen LogP contribution is 2.44. The Labute approximate surface area is 209 Å². The van der Waals surface area contributed by atoms with Crippen LogP contribution < -0.4 is 16.0 Å². The number of hydrogen-bond donors (Lipinski definition) is 3. The number of morpholine rings is 1. The van der Waals surface area contributed by atoms with E-state index >= 15 is 0 Å². The van der Waals surface area contributed by atoms with Crippen molar-refractivity contribution in [1.82, 2.24) is 15.3 Å². The van der Waals surface area contributed by atoms with Crippen LogP contribution in [0.1, 0.15) is 32.1 Å². The number of halogens is 2. The van der Waals surface area contributed by atoms with Crippen molar-refractivity contribution in [2.75, 3.05) is 43.5 Å². The van der Waals surface area contributed by atoms with Gasteiger partial charge in [-0.1, -0.05) is 23.2 Å². The number of carbonyl (C=O) groups excluding carboxylic acids is 1. The molecule has 4 heterocycles. The molecule has 1 spiro atoms. The molecule has 2 atom stereocenters. The van der Waals surface area contributed by atoms with Crippen LogP contribution in [0, 0.1) is 5.92 Å². The third-order valence-electron chi connectivity index (χ3n) is 6.86. The first-order valence-electron chi connectivity index (χ1n) is 11.8. The van der Waals surface area contributed by atoms with Gasteiger partial charge < -0.3 is 25.4 Å². The molecule has 1 aliphatic carbocycles. The number of carbonyl (C=O) groups is 1. The molecule has 10 heteroatoms. The molecule has 2 aliphatic heterocycles. The number of nitrogens with zero attached hydrogens (tertiary/aromatic N) is 2. The van der Waals surface area contributed by atoms with Gasteiger partial charge in [0.2, 0.25) is 0 Å². The molecule has 5 rings (SSSR count). The number of aromatic nitrogens is 2. The minimum absolute atomic E-state index is 0.118. The third kappa shape index (κ3) is 5.31. The van der Waals surface area contributed by atoms with Gasteiger partial charge in [0.05, 0.1) is 27.9 Å². The van der Waals surface area contributed by atoms with Crippen LogP contribution in [-0.4, -0.2) is 60.4 Å². The van der Waals surface area contributed by atoms with E-state index in [2.05, 4.69) is 20.9 Å². The predicted molar refractivity (Wildman–Crippen MR) is 132 cm³/mol. The Morgan fingerprint density at radius 3 is 2.85 bits per heavy atom. The summed E-state index contributed by atoms with van der Waals surface area (Å²) in [5, 5.41) is 10.3. The lowest BCUT2D eigenvalue weighted by atomic mass is 9.72. The van der Waals surface area contributed by atoms with Crippen molar-refractivity contribution >= 4 is 40.7 Å². The SMILES string of the molecule is O=C(Nc1cc(-c2nc(NCC3CCOC4(CCC4)C3)ccc2Cl)c(Cl)cn1)C1CNCCO1. The molecule has 1 saturated carbocycles. The lowest BCUT2D eigenvalue weighted by Crippen LogP contribution is -2.46. The lowest BCUT2D eigenvalue weighted by Gasteiger charge is -2.47. The van der Waals surface area contributed by atoms with E-state index in [9.17, 15) is 4.79 Å². The van der Waals surface area contributed by atoms with Crippen LogP contribution in [0.2, 0.25) is 10.0 Å². The maximum atomic E-state index is 12.5. The molecule has 34 heavy (non-hydrogen) atoms. The van der Waals surface area contributed by atoms with E-state index in [1.165, 1.54) is 25.5 Å².